The molecule has 2 amide bonds. The van der Waals surface area contributed by atoms with Crippen LogP contribution in [-0.2, 0) is 22.7 Å². The molecule has 0 bridgehead atoms. The van der Waals surface area contributed by atoms with Crippen molar-refractivity contribution < 1.29 is 23.8 Å². The van der Waals surface area contributed by atoms with E-state index in [1.165, 1.54) is 17.9 Å². The number of hydrogen-bond acceptors (Lipinski definition) is 5. The van der Waals surface area contributed by atoms with Gasteiger partial charge in [-0.15, -0.1) is 0 Å². The van der Waals surface area contributed by atoms with E-state index >= 15 is 0 Å². The number of amides is 2. The van der Waals surface area contributed by atoms with Crippen molar-refractivity contribution >= 4 is 29.3 Å². The van der Waals surface area contributed by atoms with Crippen LogP contribution in [-0.4, -0.2) is 45.9 Å². The molecular weight excluding hydrogens is 367 g/mol. The van der Waals surface area contributed by atoms with E-state index in [1.807, 2.05) is 10.6 Å². The Morgan fingerprint density at radius 3 is 3.00 bits per heavy atom. The smallest absolute Gasteiger partial charge is 0.414 e. The first kappa shape index (κ1) is 18.2. The van der Waals surface area contributed by atoms with E-state index < -0.39 is 18.0 Å². The number of carbonyl (C=O) groups is 2. The minimum absolute atomic E-state index is 0.181. The number of nitrogens with zero attached hydrogens (tertiary/aromatic N) is 3. The summed E-state index contributed by atoms with van der Waals surface area (Å²) in [5.41, 5.74) is 2.40. The number of rotatable bonds is 5. The number of ether oxygens (including phenoxy) is 1. The lowest BCUT2D eigenvalue weighted by Gasteiger charge is -2.15. The summed E-state index contributed by atoms with van der Waals surface area (Å²) in [7, 11) is 0. The molecule has 9 heteroatoms. The molecule has 3 heterocycles. The molecule has 1 atom stereocenters. The summed E-state index contributed by atoms with van der Waals surface area (Å²) in [6, 6.07) is 4.60. The van der Waals surface area contributed by atoms with Crippen molar-refractivity contribution in [2.24, 2.45) is 0 Å². The highest BCUT2D eigenvalue weighted by Crippen LogP contribution is 2.32. The van der Waals surface area contributed by atoms with E-state index in [9.17, 15) is 19.1 Å². The number of aromatic nitrogens is 2. The Kier molecular flexibility index (Phi) is 4.60. The number of imidazole rings is 1. The summed E-state index contributed by atoms with van der Waals surface area (Å²) in [5, 5.41) is 11.9. The molecule has 1 fully saturated rings. The molecule has 1 saturated heterocycles. The van der Waals surface area contributed by atoms with Gasteiger partial charge in [0, 0.05) is 12.5 Å². The van der Waals surface area contributed by atoms with E-state index in [0.29, 0.717) is 23.6 Å². The van der Waals surface area contributed by atoms with Crippen LogP contribution in [0, 0.1) is 5.82 Å². The lowest BCUT2D eigenvalue weighted by molar-refractivity contribution is -0.119. The average molecular weight is 386 g/mol. The molecule has 4 rings (SSSR count). The Morgan fingerprint density at radius 2 is 2.29 bits per heavy atom. The van der Waals surface area contributed by atoms with Gasteiger partial charge in [0.2, 0.25) is 5.91 Å². The Hall–Kier alpha value is -3.20. The van der Waals surface area contributed by atoms with Crippen LogP contribution >= 0.6 is 0 Å². The standard InChI is InChI=1S/C19H19FN4O4/c1-11(26)21-7-15-9-24(19(27)28-15)13-2-3-16(17(20)5-13)12-4-14-6-22-18(10-25)23(14)8-12/h2-6,15,25H,7-10H2,1H3,(H,21,26)/t15-/m0/s1. The first-order chi connectivity index (χ1) is 13.5. The van der Waals surface area contributed by atoms with Crippen LogP contribution < -0.4 is 10.2 Å². The third kappa shape index (κ3) is 3.24. The van der Waals surface area contributed by atoms with Crippen molar-refractivity contribution in [3.63, 3.8) is 0 Å². The Labute approximate surface area is 160 Å². The second-order valence-corrected chi connectivity index (χ2v) is 6.73. The molecule has 8 nitrogen and oxygen atoms in total. The highest BCUT2D eigenvalue weighted by Gasteiger charge is 2.33. The number of cyclic esters (lactones) is 1. The van der Waals surface area contributed by atoms with Crippen LogP contribution in [0.3, 0.4) is 0 Å². The molecule has 1 aromatic carbocycles. The topological polar surface area (TPSA) is 96.7 Å². The molecule has 146 valence electrons. The third-order valence-corrected chi connectivity index (χ3v) is 4.82. The number of halogens is 1. The van der Waals surface area contributed by atoms with Crippen LogP contribution in [0.1, 0.15) is 24.0 Å². The summed E-state index contributed by atoms with van der Waals surface area (Å²) in [6.07, 6.45) is 2.42. The fourth-order valence-corrected chi connectivity index (χ4v) is 3.44. The fourth-order valence-electron chi connectivity index (χ4n) is 3.44. The van der Waals surface area contributed by atoms with Gasteiger partial charge in [-0.25, -0.2) is 14.2 Å². The number of carbonyl (C=O) groups excluding carboxylic acids is 2. The average Bonchev–Trinajstić information content (AvgIpc) is 3.33. The number of benzene rings is 1. The predicted octanol–water partition coefficient (Wildman–Crippen LogP) is 1.53. The van der Waals surface area contributed by atoms with E-state index in [4.69, 9.17) is 4.74 Å². The minimum Gasteiger partial charge on any atom is -0.442 e. The van der Waals surface area contributed by atoms with Crippen LogP contribution in [0.2, 0.25) is 0 Å². The molecule has 0 unspecified atom stereocenters. The first-order valence-corrected chi connectivity index (χ1v) is 8.84. The molecular formula is C19H19FN4O4. The van der Waals surface area contributed by atoms with Crippen molar-refractivity contribution in [1.29, 1.82) is 0 Å². The molecule has 2 aliphatic rings. The number of fused-ring (bicyclic) bond motifs is 1. The monoisotopic (exact) mass is 386 g/mol. The summed E-state index contributed by atoms with van der Waals surface area (Å²) >= 11 is 0. The predicted molar refractivity (Wildman–Crippen MR) is 98.7 cm³/mol. The minimum atomic E-state index is -0.572. The maximum absolute atomic E-state index is 14.8. The number of nitrogens with one attached hydrogen (secondary N) is 1. The summed E-state index contributed by atoms with van der Waals surface area (Å²) in [4.78, 5) is 28.5. The van der Waals surface area contributed by atoms with Crippen LogP contribution in [0.5, 0.6) is 0 Å². The van der Waals surface area contributed by atoms with E-state index in [-0.39, 0.29) is 25.6 Å². The number of allylic oxidation sites excluding steroid dienone is 1. The highest BCUT2D eigenvalue weighted by molar-refractivity contribution is 5.91. The van der Waals surface area contributed by atoms with Gasteiger partial charge in [-0.05, 0) is 29.8 Å². The van der Waals surface area contributed by atoms with Gasteiger partial charge in [-0.3, -0.25) is 9.69 Å². The van der Waals surface area contributed by atoms with Crippen LogP contribution in [0.4, 0.5) is 14.9 Å². The Balaban J connectivity index is 1.51. The van der Waals surface area contributed by atoms with Gasteiger partial charge in [-0.1, -0.05) is 0 Å². The number of aliphatic hydroxyl groups is 1. The fraction of sp³-hybridized carbons (Fsp3) is 0.316. The van der Waals surface area contributed by atoms with Gasteiger partial charge in [0.25, 0.3) is 0 Å². The molecule has 2 aromatic rings. The van der Waals surface area contributed by atoms with Crippen LogP contribution in [0.15, 0.2) is 24.4 Å². The van der Waals surface area contributed by atoms with Crippen molar-refractivity contribution in [1.82, 2.24) is 14.9 Å². The summed E-state index contributed by atoms with van der Waals surface area (Å²) in [5.74, 6) is -0.130. The van der Waals surface area contributed by atoms with Crippen molar-refractivity contribution in [3.05, 3.63) is 47.3 Å². The SMILES string of the molecule is CC(=O)NC[C@H]1CN(c2ccc(C3=Cc4cnc(CO)n4C3)c(F)c2)C(=O)O1. The molecule has 2 aliphatic heterocycles. The van der Waals surface area contributed by atoms with Gasteiger partial charge in [0.15, 0.2) is 0 Å². The van der Waals surface area contributed by atoms with Gasteiger partial charge in [0.05, 0.1) is 37.2 Å². The summed E-state index contributed by atoms with van der Waals surface area (Å²) < 4.78 is 21.8. The Morgan fingerprint density at radius 1 is 1.46 bits per heavy atom. The maximum atomic E-state index is 14.8. The van der Waals surface area contributed by atoms with Gasteiger partial charge >= 0.3 is 6.09 Å². The molecule has 2 N–H and O–H groups in total. The molecule has 0 radical (unpaired) electrons. The van der Waals surface area contributed by atoms with E-state index in [0.717, 1.165) is 11.3 Å². The number of aliphatic hydroxyl groups excluding tert-OH is 1. The number of hydrogen-bond donors (Lipinski definition) is 2. The molecule has 0 spiro atoms. The molecule has 1 aromatic heterocycles. The third-order valence-electron chi connectivity index (χ3n) is 4.82. The van der Waals surface area contributed by atoms with E-state index in [1.54, 1.807) is 18.3 Å². The van der Waals surface area contributed by atoms with Gasteiger partial charge in [0.1, 0.15) is 24.4 Å². The second-order valence-electron chi connectivity index (χ2n) is 6.73. The summed E-state index contributed by atoms with van der Waals surface area (Å²) in [6.45, 7) is 2.07. The van der Waals surface area contributed by atoms with Crippen LogP contribution in [0.25, 0.3) is 11.6 Å². The maximum Gasteiger partial charge on any atom is 0.414 e. The van der Waals surface area contributed by atoms with Gasteiger partial charge in [-0.2, -0.15) is 0 Å². The lowest BCUT2D eigenvalue weighted by Crippen LogP contribution is -2.33. The zero-order chi connectivity index (χ0) is 19.8. The van der Waals surface area contributed by atoms with Gasteiger partial charge < -0.3 is 19.7 Å². The van der Waals surface area contributed by atoms with Crippen molar-refractivity contribution in [2.75, 3.05) is 18.0 Å². The second kappa shape index (κ2) is 7.08. The number of anilines is 1. The molecule has 0 saturated carbocycles. The molecule has 0 aliphatic carbocycles. The van der Waals surface area contributed by atoms with Crippen molar-refractivity contribution in [2.45, 2.75) is 26.2 Å². The lowest BCUT2D eigenvalue weighted by atomic mass is 10.0. The quantitative estimate of drug-likeness (QED) is 0.812. The largest absolute Gasteiger partial charge is 0.442 e. The normalized spacial score (nSPS) is 18.1. The van der Waals surface area contributed by atoms with Crippen molar-refractivity contribution in [3.8, 4) is 0 Å². The molecule has 28 heavy (non-hydrogen) atoms. The first-order valence-electron chi connectivity index (χ1n) is 8.84. The Bertz CT molecular complexity index is 984. The van der Waals surface area contributed by atoms with E-state index in [2.05, 4.69) is 10.3 Å². The zero-order valence-corrected chi connectivity index (χ0v) is 15.2. The highest BCUT2D eigenvalue weighted by atomic mass is 19.1. The zero-order valence-electron chi connectivity index (χ0n) is 15.2.